The van der Waals surface area contributed by atoms with Crippen LogP contribution >= 0.6 is 0 Å². The molecule has 0 spiro atoms. The number of carboxylic acid groups (broad SMARTS) is 2. The number of methoxy groups -OCH3 is 1. The summed E-state index contributed by atoms with van der Waals surface area (Å²) in [7, 11) is 1.66. The number of aliphatic hydroxyl groups excluding tert-OH is 2. The van der Waals surface area contributed by atoms with Crippen molar-refractivity contribution >= 4 is 23.9 Å². The van der Waals surface area contributed by atoms with E-state index in [9.17, 15) is 14.4 Å². The summed E-state index contributed by atoms with van der Waals surface area (Å²) in [5.41, 5.74) is 0.948. The molecule has 3 rings (SSSR count). The number of rotatable bonds is 9. The van der Waals surface area contributed by atoms with Crippen LogP contribution < -0.4 is 9.47 Å². The molecule has 2 fully saturated rings. The van der Waals surface area contributed by atoms with Crippen molar-refractivity contribution in [2.75, 3.05) is 33.3 Å². The molecular weight excluding hydrogens is 496 g/mol. The van der Waals surface area contributed by atoms with Gasteiger partial charge in [0.05, 0.1) is 7.11 Å². The third kappa shape index (κ3) is 9.62. The largest absolute Gasteiger partial charge is 0.493 e. The molecular formula is C27H40N2O9. The predicted molar refractivity (Wildman–Crippen MR) is 140 cm³/mol. The van der Waals surface area contributed by atoms with Gasteiger partial charge in [0, 0.05) is 38.3 Å². The number of hydrogen-bond acceptors (Lipinski definition) is 8. The van der Waals surface area contributed by atoms with E-state index in [0.29, 0.717) is 6.04 Å². The molecule has 4 N–H and O–H groups in total. The Morgan fingerprint density at radius 1 is 0.921 bits per heavy atom. The lowest BCUT2D eigenvalue weighted by molar-refractivity contribution is -0.165. The van der Waals surface area contributed by atoms with E-state index in [4.69, 9.17) is 29.9 Å². The summed E-state index contributed by atoms with van der Waals surface area (Å²) in [6.45, 7) is 8.37. The van der Waals surface area contributed by atoms with Crippen molar-refractivity contribution in [1.29, 1.82) is 0 Å². The number of carbonyl (C=O) groups excluding carboxylic acids is 1. The number of likely N-dealkylation sites (tertiary alicyclic amines) is 2. The van der Waals surface area contributed by atoms with E-state index in [1.807, 2.05) is 29.2 Å². The number of hydrogen-bond donors (Lipinski definition) is 4. The number of benzene rings is 1. The number of piperidine rings is 2. The molecule has 0 radical (unpaired) electrons. The minimum Gasteiger partial charge on any atom is -0.493 e. The maximum Gasteiger partial charge on any atom is 0.335 e. The normalized spacial score (nSPS) is 18.4. The number of carbonyl (C=O) groups is 3. The van der Waals surface area contributed by atoms with Crippen LogP contribution in [-0.2, 0) is 14.4 Å². The first-order chi connectivity index (χ1) is 18.0. The molecule has 2 heterocycles. The van der Waals surface area contributed by atoms with Gasteiger partial charge in [-0.15, -0.1) is 0 Å². The quantitative estimate of drug-likeness (QED) is 0.343. The van der Waals surface area contributed by atoms with Crippen LogP contribution in [0.2, 0.25) is 0 Å². The molecule has 0 bridgehead atoms. The van der Waals surface area contributed by atoms with Crippen LogP contribution in [0.15, 0.2) is 24.3 Å². The molecule has 2 atom stereocenters. The van der Waals surface area contributed by atoms with E-state index in [-0.39, 0.29) is 12.0 Å². The molecule has 0 aromatic heterocycles. The summed E-state index contributed by atoms with van der Waals surface area (Å²) in [5, 5.41) is 32.5. The lowest BCUT2D eigenvalue weighted by Crippen LogP contribution is -2.41. The average Bonchev–Trinajstić information content (AvgIpc) is 2.92. The topological polar surface area (TPSA) is 157 Å². The molecule has 0 aliphatic carbocycles. The third-order valence-electron chi connectivity index (χ3n) is 6.58. The van der Waals surface area contributed by atoms with Crippen molar-refractivity contribution in [2.24, 2.45) is 0 Å². The Morgan fingerprint density at radius 2 is 1.50 bits per heavy atom. The number of amides is 1. The van der Waals surface area contributed by atoms with Gasteiger partial charge in [-0.05, 0) is 69.7 Å². The molecule has 2 saturated heterocycles. The lowest BCUT2D eigenvalue weighted by atomic mass is 10.1. The number of ether oxygens (including phenoxy) is 2. The van der Waals surface area contributed by atoms with E-state index < -0.39 is 24.1 Å². The number of aliphatic carboxylic acids is 2. The third-order valence-corrected chi connectivity index (χ3v) is 6.58. The fourth-order valence-corrected chi connectivity index (χ4v) is 4.23. The average molecular weight is 537 g/mol. The predicted octanol–water partition coefficient (Wildman–Crippen LogP) is 1.85. The van der Waals surface area contributed by atoms with Gasteiger partial charge in [0.2, 0.25) is 5.91 Å². The maximum absolute atomic E-state index is 12.3. The van der Waals surface area contributed by atoms with E-state index in [1.165, 1.54) is 6.42 Å². The van der Waals surface area contributed by atoms with Crippen molar-refractivity contribution in [2.45, 2.75) is 70.3 Å². The standard InChI is InChI=1S/C23H34N2O3.C4H6O6/c1-18(2)24-15-11-20(12-16-24)28-21-9-7-19(17-22(21)27-3)8-10-23(26)25-13-5-4-6-14-25;5-1(3(7)8)2(6)4(9)10/h7-10,17-18,20H,4-6,11-16H2,1-3H3;1-2,5-6H,(H,7,8)(H,9,10)/b10-8+;/t;1-,2-/m.1/s1. The van der Waals surface area contributed by atoms with Gasteiger partial charge in [-0.3, -0.25) is 4.79 Å². The van der Waals surface area contributed by atoms with E-state index in [2.05, 4.69) is 18.7 Å². The molecule has 1 amide bonds. The molecule has 38 heavy (non-hydrogen) atoms. The van der Waals surface area contributed by atoms with Gasteiger partial charge in [-0.2, -0.15) is 0 Å². The van der Waals surface area contributed by atoms with Crippen LogP contribution in [0.4, 0.5) is 0 Å². The molecule has 11 nitrogen and oxygen atoms in total. The monoisotopic (exact) mass is 536 g/mol. The van der Waals surface area contributed by atoms with Crippen LogP contribution in [0.25, 0.3) is 6.08 Å². The second-order valence-electron chi connectivity index (χ2n) is 9.64. The zero-order chi connectivity index (χ0) is 28.2. The zero-order valence-electron chi connectivity index (χ0n) is 22.3. The molecule has 0 unspecified atom stereocenters. The molecule has 2 aliphatic rings. The summed E-state index contributed by atoms with van der Waals surface area (Å²) in [6, 6.07) is 6.48. The zero-order valence-corrected chi connectivity index (χ0v) is 22.3. The lowest BCUT2D eigenvalue weighted by Gasteiger charge is -2.34. The van der Waals surface area contributed by atoms with Crippen LogP contribution in [0.3, 0.4) is 0 Å². The van der Waals surface area contributed by atoms with Gasteiger partial charge >= 0.3 is 11.9 Å². The van der Waals surface area contributed by atoms with Gasteiger partial charge in [0.25, 0.3) is 0 Å². The van der Waals surface area contributed by atoms with Gasteiger partial charge in [0.15, 0.2) is 23.7 Å². The highest BCUT2D eigenvalue weighted by atomic mass is 16.5. The Hall–Kier alpha value is -3.15. The minimum absolute atomic E-state index is 0.0934. The SMILES string of the molecule is COc1cc(/C=C/C(=O)N2CCCCC2)ccc1OC1CCN(C(C)C)CC1.O=C(O)[C@H](O)[C@@H](O)C(=O)O. The Bertz CT molecular complexity index is 934. The Labute approximate surface area is 223 Å². The van der Waals surface area contributed by atoms with Crippen LogP contribution in [0.5, 0.6) is 11.5 Å². The molecule has 1 aromatic carbocycles. The highest BCUT2D eigenvalue weighted by molar-refractivity contribution is 5.92. The Balaban J connectivity index is 0.000000432. The van der Waals surface area contributed by atoms with Crippen molar-refractivity contribution in [1.82, 2.24) is 9.80 Å². The molecule has 212 valence electrons. The Kier molecular flexibility index (Phi) is 12.5. The summed E-state index contributed by atoms with van der Waals surface area (Å²) in [4.78, 5) is 36.3. The smallest absolute Gasteiger partial charge is 0.335 e. The molecule has 1 aromatic rings. The summed E-state index contributed by atoms with van der Waals surface area (Å²) in [5.74, 6) is -1.94. The van der Waals surface area contributed by atoms with Crippen LogP contribution in [0.1, 0.15) is 51.5 Å². The second kappa shape index (κ2) is 15.3. The summed E-state index contributed by atoms with van der Waals surface area (Å²) < 4.78 is 11.8. The number of nitrogens with zero attached hydrogens (tertiary/aromatic N) is 2. The molecule has 11 heteroatoms. The Morgan fingerprint density at radius 3 is 2.00 bits per heavy atom. The van der Waals surface area contributed by atoms with Crippen LogP contribution in [0, 0.1) is 0 Å². The van der Waals surface area contributed by atoms with Gasteiger partial charge < -0.3 is 39.7 Å². The van der Waals surface area contributed by atoms with E-state index >= 15 is 0 Å². The highest BCUT2D eigenvalue weighted by Crippen LogP contribution is 2.31. The van der Waals surface area contributed by atoms with Gasteiger partial charge in [0.1, 0.15) is 6.10 Å². The van der Waals surface area contributed by atoms with Crippen LogP contribution in [-0.4, -0.2) is 106 Å². The van der Waals surface area contributed by atoms with Gasteiger partial charge in [-0.1, -0.05) is 6.07 Å². The van der Waals surface area contributed by atoms with Crippen molar-refractivity contribution in [3.05, 3.63) is 29.8 Å². The summed E-state index contributed by atoms with van der Waals surface area (Å²) >= 11 is 0. The summed E-state index contributed by atoms with van der Waals surface area (Å²) in [6.07, 6.45) is 4.74. The van der Waals surface area contributed by atoms with E-state index in [1.54, 1.807) is 13.2 Å². The maximum atomic E-state index is 12.3. The molecule has 2 aliphatic heterocycles. The highest BCUT2D eigenvalue weighted by Gasteiger charge is 2.29. The van der Waals surface area contributed by atoms with Crippen molar-refractivity contribution < 1.29 is 44.3 Å². The van der Waals surface area contributed by atoms with Crippen molar-refractivity contribution in [3.8, 4) is 11.5 Å². The number of aliphatic hydroxyl groups is 2. The van der Waals surface area contributed by atoms with Crippen molar-refractivity contribution in [3.63, 3.8) is 0 Å². The fraction of sp³-hybridized carbons (Fsp3) is 0.593. The molecule has 0 saturated carbocycles. The minimum atomic E-state index is -2.27. The number of carboxylic acids is 2. The van der Waals surface area contributed by atoms with Gasteiger partial charge in [-0.25, -0.2) is 9.59 Å². The second-order valence-corrected chi connectivity index (χ2v) is 9.64. The first-order valence-corrected chi connectivity index (χ1v) is 12.9. The first-order valence-electron chi connectivity index (χ1n) is 12.9. The first kappa shape index (κ1) is 31.1. The fourth-order valence-electron chi connectivity index (χ4n) is 4.23. The van der Waals surface area contributed by atoms with E-state index in [0.717, 1.165) is 68.9 Å².